The molecule has 0 saturated carbocycles. The van der Waals surface area contributed by atoms with Crippen molar-refractivity contribution < 1.29 is 4.74 Å². The van der Waals surface area contributed by atoms with E-state index in [2.05, 4.69) is 27.1 Å². The van der Waals surface area contributed by atoms with Crippen molar-refractivity contribution in [3.63, 3.8) is 0 Å². The van der Waals surface area contributed by atoms with E-state index in [1.807, 2.05) is 6.07 Å². The maximum absolute atomic E-state index is 5.09. The fraction of sp³-hybridized carbons (Fsp3) is 0.600. The van der Waals surface area contributed by atoms with Gasteiger partial charge in [0.15, 0.2) is 0 Å². The molecule has 5 heteroatoms. The van der Waals surface area contributed by atoms with Crippen molar-refractivity contribution >= 4 is 5.82 Å². The summed E-state index contributed by atoms with van der Waals surface area (Å²) < 4.78 is 5.09. The van der Waals surface area contributed by atoms with Gasteiger partial charge in [0.05, 0.1) is 7.11 Å². The van der Waals surface area contributed by atoms with Crippen LogP contribution in [0.2, 0.25) is 0 Å². The maximum atomic E-state index is 5.09. The van der Waals surface area contributed by atoms with Crippen LogP contribution in [0.4, 0.5) is 5.82 Å². The summed E-state index contributed by atoms with van der Waals surface area (Å²) in [4.78, 5) is 10.5. The van der Waals surface area contributed by atoms with E-state index in [1.54, 1.807) is 13.4 Å². The van der Waals surface area contributed by atoms with E-state index in [0.717, 1.165) is 25.5 Å². The zero-order valence-electron chi connectivity index (χ0n) is 9.10. The van der Waals surface area contributed by atoms with Crippen LogP contribution in [-0.4, -0.2) is 42.8 Å². The average Bonchev–Trinajstić information content (AvgIpc) is 2.30. The highest BCUT2D eigenvalue weighted by molar-refractivity contribution is 5.42. The van der Waals surface area contributed by atoms with E-state index < -0.39 is 0 Å². The number of hydrogen-bond acceptors (Lipinski definition) is 5. The molecule has 0 spiro atoms. The molecule has 0 bridgehead atoms. The molecule has 5 nitrogen and oxygen atoms in total. The highest BCUT2D eigenvalue weighted by Crippen LogP contribution is 2.18. The molecule has 1 atom stereocenters. The van der Waals surface area contributed by atoms with Gasteiger partial charge in [0.25, 0.3) is 0 Å². The second-order valence-electron chi connectivity index (χ2n) is 3.67. The van der Waals surface area contributed by atoms with Gasteiger partial charge in [-0.2, -0.15) is 0 Å². The molecule has 0 aliphatic carbocycles. The summed E-state index contributed by atoms with van der Waals surface area (Å²) in [5.74, 6) is 1.56. The lowest BCUT2D eigenvalue weighted by atomic mass is 10.2. The molecule has 1 saturated heterocycles. The fourth-order valence-electron chi connectivity index (χ4n) is 1.78. The third-order valence-electron chi connectivity index (χ3n) is 2.63. The molecule has 1 aliphatic heterocycles. The lowest BCUT2D eigenvalue weighted by Crippen LogP contribution is -2.50. The SMILES string of the molecule is COc1cc(N2CCNCC2C)ncn1. The van der Waals surface area contributed by atoms with E-state index in [4.69, 9.17) is 4.74 Å². The zero-order valence-corrected chi connectivity index (χ0v) is 9.10. The van der Waals surface area contributed by atoms with Crippen molar-refractivity contribution in [2.75, 3.05) is 31.6 Å². The Balaban J connectivity index is 2.19. The molecular formula is C10H16N4O. The van der Waals surface area contributed by atoms with Crippen LogP contribution >= 0.6 is 0 Å². The van der Waals surface area contributed by atoms with Crippen LogP contribution in [0.1, 0.15) is 6.92 Å². The summed E-state index contributed by atoms with van der Waals surface area (Å²) in [6.07, 6.45) is 1.54. The van der Waals surface area contributed by atoms with E-state index in [-0.39, 0.29) is 0 Å². The Hall–Kier alpha value is -1.36. The molecule has 0 aromatic carbocycles. The van der Waals surface area contributed by atoms with Gasteiger partial charge in [-0.25, -0.2) is 9.97 Å². The minimum Gasteiger partial charge on any atom is -0.481 e. The third-order valence-corrected chi connectivity index (χ3v) is 2.63. The monoisotopic (exact) mass is 208 g/mol. The summed E-state index contributed by atoms with van der Waals surface area (Å²) in [6, 6.07) is 2.33. The minimum atomic E-state index is 0.457. The summed E-state index contributed by atoms with van der Waals surface area (Å²) >= 11 is 0. The van der Waals surface area contributed by atoms with E-state index in [1.165, 1.54) is 0 Å². The van der Waals surface area contributed by atoms with Crippen molar-refractivity contribution in [3.05, 3.63) is 12.4 Å². The Morgan fingerprint density at radius 3 is 3.13 bits per heavy atom. The van der Waals surface area contributed by atoms with Crippen molar-refractivity contribution in [1.82, 2.24) is 15.3 Å². The predicted octanol–water partition coefficient (Wildman–Crippen LogP) is 0.283. The lowest BCUT2D eigenvalue weighted by Gasteiger charge is -2.34. The second-order valence-corrected chi connectivity index (χ2v) is 3.67. The van der Waals surface area contributed by atoms with Gasteiger partial charge in [-0.15, -0.1) is 0 Å². The average molecular weight is 208 g/mol. The van der Waals surface area contributed by atoms with Crippen LogP contribution < -0.4 is 15.0 Å². The van der Waals surface area contributed by atoms with Gasteiger partial charge >= 0.3 is 0 Å². The van der Waals surface area contributed by atoms with Gasteiger partial charge in [0, 0.05) is 31.7 Å². The first kappa shape index (κ1) is 10.2. The number of piperazine rings is 1. The molecule has 0 radical (unpaired) electrons. The number of rotatable bonds is 2. The highest BCUT2D eigenvalue weighted by atomic mass is 16.5. The summed E-state index contributed by atoms with van der Waals surface area (Å²) in [5.41, 5.74) is 0. The number of ether oxygens (including phenoxy) is 1. The standard InChI is InChI=1S/C10H16N4O/c1-8-6-11-3-4-14(8)9-5-10(15-2)13-7-12-9/h5,7-8,11H,3-4,6H2,1-2H3. The van der Waals surface area contributed by atoms with Gasteiger partial charge in [-0.3, -0.25) is 0 Å². The largest absolute Gasteiger partial charge is 0.481 e. The minimum absolute atomic E-state index is 0.457. The van der Waals surface area contributed by atoms with Crippen molar-refractivity contribution in [3.8, 4) is 5.88 Å². The van der Waals surface area contributed by atoms with Gasteiger partial charge in [-0.05, 0) is 6.92 Å². The molecule has 2 rings (SSSR count). The second kappa shape index (κ2) is 4.44. The molecular weight excluding hydrogens is 192 g/mol. The molecule has 1 aromatic heterocycles. The van der Waals surface area contributed by atoms with Crippen molar-refractivity contribution in [1.29, 1.82) is 0 Å². The predicted molar refractivity (Wildman–Crippen MR) is 58.3 cm³/mol. The van der Waals surface area contributed by atoms with Crippen molar-refractivity contribution in [2.45, 2.75) is 13.0 Å². The third kappa shape index (κ3) is 2.18. The molecule has 1 fully saturated rings. The molecule has 1 aromatic rings. The number of anilines is 1. The maximum Gasteiger partial charge on any atom is 0.218 e. The van der Waals surface area contributed by atoms with E-state index in [0.29, 0.717) is 11.9 Å². The van der Waals surface area contributed by atoms with Crippen LogP contribution in [0, 0.1) is 0 Å². The normalized spacial score (nSPS) is 21.5. The van der Waals surface area contributed by atoms with Crippen LogP contribution in [0.15, 0.2) is 12.4 Å². The molecule has 0 amide bonds. The lowest BCUT2D eigenvalue weighted by molar-refractivity contribution is 0.396. The summed E-state index contributed by atoms with van der Waals surface area (Å²) in [6.45, 7) is 5.14. The Morgan fingerprint density at radius 1 is 1.53 bits per heavy atom. The topological polar surface area (TPSA) is 50.3 Å². The fourth-order valence-corrected chi connectivity index (χ4v) is 1.78. The molecule has 1 N–H and O–H groups in total. The zero-order chi connectivity index (χ0) is 10.7. The summed E-state index contributed by atoms with van der Waals surface area (Å²) in [5, 5.41) is 3.35. The molecule has 1 unspecified atom stereocenters. The molecule has 82 valence electrons. The Morgan fingerprint density at radius 2 is 2.40 bits per heavy atom. The molecule has 15 heavy (non-hydrogen) atoms. The van der Waals surface area contributed by atoms with Gasteiger partial charge in [-0.1, -0.05) is 0 Å². The number of hydrogen-bond donors (Lipinski definition) is 1. The number of aromatic nitrogens is 2. The van der Waals surface area contributed by atoms with E-state index >= 15 is 0 Å². The first-order valence-electron chi connectivity index (χ1n) is 5.14. The number of nitrogens with zero attached hydrogens (tertiary/aromatic N) is 3. The van der Waals surface area contributed by atoms with E-state index in [9.17, 15) is 0 Å². The van der Waals surface area contributed by atoms with Gasteiger partial charge < -0.3 is 15.0 Å². The Labute approximate surface area is 89.5 Å². The van der Waals surface area contributed by atoms with Crippen LogP contribution in [0.5, 0.6) is 5.88 Å². The first-order chi connectivity index (χ1) is 7.31. The Bertz CT molecular complexity index is 331. The Kier molecular flexibility index (Phi) is 3.01. The highest BCUT2D eigenvalue weighted by Gasteiger charge is 2.19. The smallest absolute Gasteiger partial charge is 0.218 e. The molecule has 2 heterocycles. The number of nitrogens with one attached hydrogen (secondary N) is 1. The van der Waals surface area contributed by atoms with Crippen LogP contribution in [0.3, 0.4) is 0 Å². The van der Waals surface area contributed by atoms with Gasteiger partial charge in [0.1, 0.15) is 12.1 Å². The first-order valence-corrected chi connectivity index (χ1v) is 5.14. The summed E-state index contributed by atoms with van der Waals surface area (Å²) in [7, 11) is 1.62. The number of methoxy groups -OCH3 is 1. The quantitative estimate of drug-likeness (QED) is 0.756. The van der Waals surface area contributed by atoms with Crippen LogP contribution in [0.25, 0.3) is 0 Å². The van der Waals surface area contributed by atoms with Crippen LogP contribution in [-0.2, 0) is 0 Å². The molecule has 1 aliphatic rings. The van der Waals surface area contributed by atoms with Crippen molar-refractivity contribution in [2.24, 2.45) is 0 Å². The van der Waals surface area contributed by atoms with Gasteiger partial charge in [0.2, 0.25) is 5.88 Å².